The van der Waals surface area contributed by atoms with Crippen LogP contribution in [0.1, 0.15) is 39.5 Å². The summed E-state index contributed by atoms with van der Waals surface area (Å²) < 4.78 is 5.17. The van der Waals surface area contributed by atoms with E-state index in [9.17, 15) is 9.59 Å². The maximum atomic E-state index is 11.9. The number of hydrogen-bond donors (Lipinski definition) is 2. The fourth-order valence-electron chi connectivity index (χ4n) is 1.77. The molecule has 0 bridgehead atoms. The third-order valence-electron chi connectivity index (χ3n) is 2.93. The van der Waals surface area contributed by atoms with Gasteiger partial charge in [0.05, 0.1) is 19.2 Å². The van der Waals surface area contributed by atoms with Gasteiger partial charge in [-0.15, -0.1) is 0 Å². The number of nitrogens with one attached hydrogen (secondary N) is 2. The molecule has 6 heteroatoms. The lowest BCUT2D eigenvalue weighted by atomic mass is 10.2. The number of hydrazone groups is 1. The molecule has 22 heavy (non-hydrogen) atoms. The highest BCUT2D eigenvalue weighted by Crippen LogP contribution is 2.22. The van der Waals surface area contributed by atoms with E-state index in [4.69, 9.17) is 4.74 Å². The zero-order valence-electron chi connectivity index (χ0n) is 13.3. The molecule has 6 nitrogen and oxygen atoms in total. The number of anilines is 1. The van der Waals surface area contributed by atoms with Crippen molar-refractivity contribution in [2.24, 2.45) is 5.10 Å². The maximum absolute atomic E-state index is 11.9. The summed E-state index contributed by atoms with van der Waals surface area (Å²) in [6, 6.07) is 7.17. The smallest absolute Gasteiger partial charge is 0.240 e. The highest BCUT2D eigenvalue weighted by Gasteiger charge is 2.08. The molecule has 0 spiro atoms. The van der Waals surface area contributed by atoms with Crippen molar-refractivity contribution in [3.05, 3.63) is 24.3 Å². The Balaban J connectivity index is 2.48. The van der Waals surface area contributed by atoms with Gasteiger partial charge < -0.3 is 10.1 Å². The van der Waals surface area contributed by atoms with Crippen LogP contribution in [-0.4, -0.2) is 24.6 Å². The molecule has 0 aliphatic heterocycles. The first kappa shape index (κ1) is 17.7. The summed E-state index contributed by atoms with van der Waals surface area (Å²) in [6.07, 6.45) is 2.33. The summed E-state index contributed by atoms with van der Waals surface area (Å²) in [6.45, 7) is 3.71. The highest BCUT2D eigenvalue weighted by atomic mass is 16.5. The van der Waals surface area contributed by atoms with E-state index in [0.29, 0.717) is 23.6 Å². The number of nitrogens with zero attached hydrogens (tertiary/aromatic N) is 1. The molecule has 1 rings (SSSR count). The molecule has 0 unspecified atom stereocenters. The number of rotatable bonds is 8. The van der Waals surface area contributed by atoms with E-state index in [0.717, 1.165) is 12.8 Å². The van der Waals surface area contributed by atoms with E-state index in [-0.39, 0.29) is 18.2 Å². The van der Waals surface area contributed by atoms with Crippen LogP contribution >= 0.6 is 0 Å². The van der Waals surface area contributed by atoms with Crippen molar-refractivity contribution in [1.29, 1.82) is 0 Å². The Bertz CT molecular complexity index is 541. The lowest BCUT2D eigenvalue weighted by molar-refractivity contribution is -0.121. The van der Waals surface area contributed by atoms with Crippen LogP contribution in [-0.2, 0) is 9.59 Å². The van der Waals surface area contributed by atoms with Crippen LogP contribution in [0, 0.1) is 0 Å². The number of carbonyl (C=O) groups is 2. The Morgan fingerprint density at radius 2 is 1.95 bits per heavy atom. The van der Waals surface area contributed by atoms with Gasteiger partial charge >= 0.3 is 0 Å². The Morgan fingerprint density at radius 1 is 1.23 bits per heavy atom. The van der Waals surface area contributed by atoms with Crippen LogP contribution in [0.5, 0.6) is 5.75 Å². The number of unbranched alkanes of at least 4 members (excludes halogenated alkanes) is 1. The normalized spacial score (nSPS) is 11.0. The number of ether oxygens (including phenoxy) is 1. The SMILES string of the molecule is CCCCC(=O)N/N=C(/C)CC(=O)Nc1ccccc1OC. The van der Waals surface area contributed by atoms with Crippen molar-refractivity contribution in [2.75, 3.05) is 12.4 Å². The molecule has 0 aliphatic carbocycles. The fourth-order valence-corrected chi connectivity index (χ4v) is 1.77. The van der Waals surface area contributed by atoms with E-state index >= 15 is 0 Å². The first-order valence-electron chi connectivity index (χ1n) is 7.31. The van der Waals surface area contributed by atoms with Gasteiger partial charge in [-0.25, -0.2) is 5.43 Å². The minimum Gasteiger partial charge on any atom is -0.495 e. The van der Waals surface area contributed by atoms with E-state index in [1.807, 2.05) is 19.1 Å². The van der Waals surface area contributed by atoms with Crippen molar-refractivity contribution in [3.63, 3.8) is 0 Å². The number of carbonyl (C=O) groups excluding carboxylic acids is 2. The molecule has 0 saturated carbocycles. The summed E-state index contributed by atoms with van der Waals surface area (Å²) in [5.74, 6) is 0.248. The second-order valence-corrected chi connectivity index (χ2v) is 4.91. The van der Waals surface area contributed by atoms with Crippen LogP contribution in [0.25, 0.3) is 0 Å². The van der Waals surface area contributed by atoms with Crippen molar-refractivity contribution in [1.82, 2.24) is 5.43 Å². The third kappa shape index (κ3) is 6.39. The van der Waals surface area contributed by atoms with Gasteiger partial charge in [-0.3, -0.25) is 9.59 Å². The molecule has 2 amide bonds. The van der Waals surface area contributed by atoms with Gasteiger partial charge in [0.1, 0.15) is 5.75 Å². The monoisotopic (exact) mass is 305 g/mol. The van der Waals surface area contributed by atoms with Gasteiger partial charge in [0.15, 0.2) is 0 Å². The largest absolute Gasteiger partial charge is 0.495 e. The highest BCUT2D eigenvalue weighted by molar-refractivity contribution is 6.06. The Morgan fingerprint density at radius 3 is 2.64 bits per heavy atom. The first-order chi connectivity index (χ1) is 10.6. The lowest BCUT2D eigenvalue weighted by Gasteiger charge is -2.09. The zero-order chi connectivity index (χ0) is 16.4. The van der Waals surface area contributed by atoms with E-state index in [1.165, 1.54) is 0 Å². The molecule has 0 aromatic heterocycles. The summed E-state index contributed by atoms with van der Waals surface area (Å²) in [5, 5.41) is 6.68. The van der Waals surface area contributed by atoms with Gasteiger partial charge in [0, 0.05) is 12.1 Å². The molecule has 0 saturated heterocycles. The van der Waals surface area contributed by atoms with Crippen molar-refractivity contribution in [3.8, 4) is 5.75 Å². The number of methoxy groups -OCH3 is 1. The molecule has 1 aromatic carbocycles. The van der Waals surface area contributed by atoms with Crippen LogP contribution in [0.3, 0.4) is 0 Å². The van der Waals surface area contributed by atoms with Gasteiger partial charge in [0.25, 0.3) is 0 Å². The molecule has 2 N–H and O–H groups in total. The molecule has 0 atom stereocenters. The average Bonchev–Trinajstić information content (AvgIpc) is 2.51. The quantitative estimate of drug-likeness (QED) is 0.572. The minimum atomic E-state index is -0.214. The molecule has 120 valence electrons. The van der Waals surface area contributed by atoms with Crippen LogP contribution in [0.15, 0.2) is 29.4 Å². The van der Waals surface area contributed by atoms with Gasteiger partial charge in [-0.1, -0.05) is 25.5 Å². The lowest BCUT2D eigenvalue weighted by Crippen LogP contribution is -2.21. The van der Waals surface area contributed by atoms with Gasteiger partial charge in [-0.05, 0) is 25.5 Å². The molecular weight excluding hydrogens is 282 g/mol. The van der Waals surface area contributed by atoms with Crippen LogP contribution in [0.2, 0.25) is 0 Å². The number of para-hydroxylation sites is 2. The fraction of sp³-hybridized carbons (Fsp3) is 0.438. The number of amides is 2. The van der Waals surface area contributed by atoms with Crippen LogP contribution < -0.4 is 15.5 Å². The van der Waals surface area contributed by atoms with Gasteiger partial charge in [0.2, 0.25) is 11.8 Å². The predicted molar refractivity (Wildman–Crippen MR) is 87.0 cm³/mol. The third-order valence-corrected chi connectivity index (χ3v) is 2.93. The maximum Gasteiger partial charge on any atom is 0.240 e. The Hall–Kier alpha value is -2.37. The number of benzene rings is 1. The van der Waals surface area contributed by atoms with E-state index in [1.54, 1.807) is 26.2 Å². The molecule has 0 heterocycles. The van der Waals surface area contributed by atoms with E-state index < -0.39 is 0 Å². The summed E-state index contributed by atoms with van der Waals surface area (Å²) in [7, 11) is 1.55. The molecule has 0 radical (unpaired) electrons. The molecular formula is C16H23N3O3. The Labute approximate surface area is 130 Å². The minimum absolute atomic E-state index is 0.103. The predicted octanol–water partition coefficient (Wildman–Crippen LogP) is 2.71. The second-order valence-electron chi connectivity index (χ2n) is 4.91. The van der Waals surface area contributed by atoms with Crippen molar-refractivity contribution in [2.45, 2.75) is 39.5 Å². The zero-order valence-corrected chi connectivity index (χ0v) is 13.3. The van der Waals surface area contributed by atoms with Crippen LogP contribution in [0.4, 0.5) is 5.69 Å². The molecule has 0 aliphatic rings. The molecule has 1 aromatic rings. The summed E-state index contributed by atoms with van der Waals surface area (Å²) in [4.78, 5) is 23.4. The van der Waals surface area contributed by atoms with Gasteiger partial charge in [-0.2, -0.15) is 5.10 Å². The average molecular weight is 305 g/mol. The summed E-state index contributed by atoms with van der Waals surface area (Å²) in [5.41, 5.74) is 3.60. The van der Waals surface area contributed by atoms with E-state index in [2.05, 4.69) is 15.8 Å². The molecule has 0 fully saturated rings. The summed E-state index contributed by atoms with van der Waals surface area (Å²) >= 11 is 0. The van der Waals surface area contributed by atoms with Crippen molar-refractivity contribution >= 4 is 23.2 Å². The Kier molecular flexibility index (Phi) is 7.67. The topological polar surface area (TPSA) is 79.8 Å². The second kappa shape index (κ2) is 9.55. The van der Waals surface area contributed by atoms with Crippen molar-refractivity contribution < 1.29 is 14.3 Å². The standard InChI is InChI=1S/C16H23N3O3/c1-4-5-10-15(20)19-18-12(2)11-16(21)17-13-8-6-7-9-14(13)22-3/h6-9H,4-5,10-11H2,1-3H3,(H,17,21)(H,19,20)/b18-12-. The number of hydrogen-bond acceptors (Lipinski definition) is 4. The first-order valence-corrected chi connectivity index (χ1v) is 7.31.